The van der Waals surface area contributed by atoms with Crippen molar-refractivity contribution in [3.05, 3.63) is 35.6 Å². The van der Waals surface area contributed by atoms with Crippen molar-refractivity contribution < 1.29 is 9.13 Å². The van der Waals surface area contributed by atoms with Crippen LogP contribution in [0.25, 0.3) is 0 Å². The summed E-state index contributed by atoms with van der Waals surface area (Å²) in [5.41, 5.74) is 6.49. The van der Waals surface area contributed by atoms with Crippen molar-refractivity contribution >= 4 is 0 Å². The zero-order valence-corrected chi connectivity index (χ0v) is 9.95. The minimum absolute atomic E-state index is 0.0248. The molecule has 0 radical (unpaired) electrons. The lowest BCUT2D eigenvalue weighted by Crippen LogP contribution is -2.32. The van der Waals surface area contributed by atoms with E-state index in [1.165, 1.54) is 6.07 Å². The smallest absolute Gasteiger partial charge is 0.128 e. The van der Waals surface area contributed by atoms with E-state index in [1.54, 1.807) is 18.2 Å². The van der Waals surface area contributed by atoms with E-state index in [-0.39, 0.29) is 18.5 Å². The van der Waals surface area contributed by atoms with Crippen LogP contribution in [0.1, 0.15) is 25.8 Å². The van der Waals surface area contributed by atoms with Crippen molar-refractivity contribution in [1.29, 1.82) is 0 Å². The minimum atomic E-state index is -0.223. The van der Waals surface area contributed by atoms with Gasteiger partial charge in [0.1, 0.15) is 5.82 Å². The molecule has 1 rings (SSSR count). The van der Waals surface area contributed by atoms with Gasteiger partial charge in [-0.2, -0.15) is 0 Å². The van der Waals surface area contributed by atoms with Crippen LogP contribution >= 0.6 is 0 Å². The number of nitrogens with two attached hydrogens (primary N) is 1. The average molecular weight is 225 g/mol. The van der Waals surface area contributed by atoms with E-state index in [2.05, 4.69) is 13.8 Å². The van der Waals surface area contributed by atoms with Gasteiger partial charge in [0, 0.05) is 11.6 Å². The molecule has 0 saturated heterocycles. The lowest BCUT2D eigenvalue weighted by atomic mass is 10.0. The summed E-state index contributed by atoms with van der Waals surface area (Å²) < 4.78 is 18.6. The largest absolute Gasteiger partial charge is 0.375 e. The fourth-order valence-electron chi connectivity index (χ4n) is 1.39. The number of hydrogen-bond acceptors (Lipinski definition) is 2. The van der Waals surface area contributed by atoms with Gasteiger partial charge in [0.05, 0.1) is 13.2 Å². The standard InChI is InChI=1S/C13H20FNO/c1-3-10(2)13(15)9-16-8-11-6-4-5-7-12(11)14/h4-7,10,13H,3,8-9,15H2,1-2H3. The number of ether oxygens (including phenoxy) is 1. The van der Waals surface area contributed by atoms with E-state index in [1.807, 2.05) is 0 Å². The van der Waals surface area contributed by atoms with Crippen molar-refractivity contribution in [3.63, 3.8) is 0 Å². The number of halogens is 1. The zero-order valence-electron chi connectivity index (χ0n) is 9.95. The van der Waals surface area contributed by atoms with Crippen LogP contribution in [0.15, 0.2) is 24.3 Å². The molecule has 2 atom stereocenters. The first-order valence-corrected chi connectivity index (χ1v) is 5.71. The Morgan fingerprint density at radius 3 is 2.69 bits per heavy atom. The molecule has 1 aromatic carbocycles. The summed E-state index contributed by atoms with van der Waals surface area (Å²) in [6.07, 6.45) is 1.03. The van der Waals surface area contributed by atoms with Crippen LogP contribution in [0.4, 0.5) is 4.39 Å². The Balaban J connectivity index is 2.33. The topological polar surface area (TPSA) is 35.2 Å². The van der Waals surface area contributed by atoms with E-state index in [9.17, 15) is 4.39 Å². The highest BCUT2D eigenvalue weighted by Crippen LogP contribution is 2.10. The molecule has 2 nitrogen and oxygen atoms in total. The second kappa shape index (κ2) is 6.61. The maximum absolute atomic E-state index is 13.2. The molecule has 16 heavy (non-hydrogen) atoms. The first kappa shape index (κ1) is 13.1. The average Bonchev–Trinajstić information content (AvgIpc) is 2.30. The highest BCUT2D eigenvalue weighted by atomic mass is 19.1. The molecule has 0 spiro atoms. The number of benzene rings is 1. The van der Waals surface area contributed by atoms with E-state index >= 15 is 0 Å². The first-order valence-electron chi connectivity index (χ1n) is 5.71. The first-order chi connectivity index (χ1) is 7.65. The molecule has 0 bridgehead atoms. The van der Waals surface area contributed by atoms with Crippen LogP contribution in [0.2, 0.25) is 0 Å². The summed E-state index contributed by atoms with van der Waals surface area (Å²) in [6.45, 7) is 4.96. The third-order valence-corrected chi connectivity index (χ3v) is 2.90. The quantitative estimate of drug-likeness (QED) is 0.808. The molecule has 0 aliphatic rings. The number of rotatable bonds is 6. The summed E-state index contributed by atoms with van der Waals surface area (Å²) in [6, 6.07) is 6.66. The fourth-order valence-corrected chi connectivity index (χ4v) is 1.39. The van der Waals surface area contributed by atoms with Gasteiger partial charge in [0.15, 0.2) is 0 Å². The van der Waals surface area contributed by atoms with Gasteiger partial charge in [-0.1, -0.05) is 38.5 Å². The Labute approximate surface area is 96.6 Å². The molecule has 0 fully saturated rings. The Morgan fingerprint density at radius 2 is 2.06 bits per heavy atom. The van der Waals surface area contributed by atoms with Gasteiger partial charge in [-0.3, -0.25) is 0 Å². The van der Waals surface area contributed by atoms with Crippen molar-refractivity contribution in [2.45, 2.75) is 32.9 Å². The Hall–Kier alpha value is -0.930. The lowest BCUT2D eigenvalue weighted by molar-refractivity contribution is 0.0927. The summed E-state index contributed by atoms with van der Waals surface area (Å²) in [4.78, 5) is 0. The van der Waals surface area contributed by atoms with Crippen LogP contribution in [0.3, 0.4) is 0 Å². The van der Waals surface area contributed by atoms with Gasteiger partial charge < -0.3 is 10.5 Å². The molecular weight excluding hydrogens is 205 g/mol. The summed E-state index contributed by atoms with van der Waals surface area (Å²) in [7, 11) is 0. The Kier molecular flexibility index (Phi) is 5.43. The normalized spacial score (nSPS) is 14.8. The maximum Gasteiger partial charge on any atom is 0.128 e. The molecule has 0 aliphatic carbocycles. The summed E-state index contributed by atoms with van der Waals surface area (Å²) in [5, 5.41) is 0. The Morgan fingerprint density at radius 1 is 1.38 bits per heavy atom. The number of hydrogen-bond donors (Lipinski definition) is 1. The van der Waals surface area contributed by atoms with Crippen molar-refractivity contribution in [2.24, 2.45) is 11.7 Å². The second-order valence-electron chi connectivity index (χ2n) is 4.16. The van der Waals surface area contributed by atoms with Crippen LogP contribution in [-0.2, 0) is 11.3 Å². The van der Waals surface area contributed by atoms with Crippen molar-refractivity contribution in [2.75, 3.05) is 6.61 Å². The SMILES string of the molecule is CCC(C)C(N)COCc1ccccc1F. The predicted octanol–water partition coefficient (Wildman–Crippen LogP) is 2.72. The minimum Gasteiger partial charge on any atom is -0.375 e. The van der Waals surface area contributed by atoms with Crippen molar-refractivity contribution in [1.82, 2.24) is 0 Å². The van der Waals surface area contributed by atoms with Crippen molar-refractivity contribution in [3.8, 4) is 0 Å². The van der Waals surface area contributed by atoms with E-state index in [0.29, 0.717) is 18.1 Å². The fraction of sp³-hybridized carbons (Fsp3) is 0.538. The van der Waals surface area contributed by atoms with E-state index in [4.69, 9.17) is 10.5 Å². The second-order valence-corrected chi connectivity index (χ2v) is 4.16. The zero-order chi connectivity index (χ0) is 12.0. The molecule has 0 heterocycles. The molecule has 90 valence electrons. The lowest BCUT2D eigenvalue weighted by Gasteiger charge is -2.18. The van der Waals surface area contributed by atoms with Crippen LogP contribution in [0.5, 0.6) is 0 Å². The monoisotopic (exact) mass is 225 g/mol. The van der Waals surface area contributed by atoms with Gasteiger partial charge in [0.25, 0.3) is 0 Å². The highest BCUT2D eigenvalue weighted by molar-refractivity contribution is 5.16. The molecule has 0 aromatic heterocycles. The van der Waals surface area contributed by atoms with Gasteiger partial charge in [-0.05, 0) is 12.0 Å². The Bertz CT molecular complexity index is 317. The summed E-state index contributed by atoms with van der Waals surface area (Å²) >= 11 is 0. The van der Waals surface area contributed by atoms with E-state index < -0.39 is 0 Å². The van der Waals surface area contributed by atoms with Gasteiger partial charge in [0.2, 0.25) is 0 Å². The molecule has 0 aliphatic heterocycles. The summed E-state index contributed by atoms with van der Waals surface area (Å²) in [5.74, 6) is 0.209. The maximum atomic E-state index is 13.2. The third-order valence-electron chi connectivity index (χ3n) is 2.90. The molecular formula is C13H20FNO. The molecule has 2 N–H and O–H groups in total. The highest BCUT2D eigenvalue weighted by Gasteiger charge is 2.10. The van der Waals surface area contributed by atoms with Crippen LogP contribution in [0, 0.1) is 11.7 Å². The van der Waals surface area contributed by atoms with Gasteiger partial charge in [-0.15, -0.1) is 0 Å². The molecule has 2 unspecified atom stereocenters. The molecule has 0 amide bonds. The predicted molar refractivity (Wildman–Crippen MR) is 63.5 cm³/mol. The van der Waals surface area contributed by atoms with Crippen LogP contribution in [-0.4, -0.2) is 12.6 Å². The van der Waals surface area contributed by atoms with Gasteiger partial charge >= 0.3 is 0 Å². The molecule has 1 aromatic rings. The van der Waals surface area contributed by atoms with Crippen LogP contribution < -0.4 is 5.73 Å². The molecule has 3 heteroatoms. The van der Waals surface area contributed by atoms with E-state index in [0.717, 1.165) is 6.42 Å². The molecule has 0 saturated carbocycles. The third kappa shape index (κ3) is 3.91. The van der Waals surface area contributed by atoms with Gasteiger partial charge in [-0.25, -0.2) is 4.39 Å².